The van der Waals surface area contributed by atoms with Gasteiger partial charge in [-0.05, 0) is 60.7 Å². The fourth-order valence-corrected chi connectivity index (χ4v) is 4.08. The van der Waals surface area contributed by atoms with Crippen LogP contribution >= 0.6 is 0 Å². The molecular formula is C19H21FN2O3S. The number of sulfonamides is 1. The van der Waals surface area contributed by atoms with E-state index in [0.717, 1.165) is 12.0 Å². The first-order chi connectivity index (χ1) is 12.3. The summed E-state index contributed by atoms with van der Waals surface area (Å²) in [7, 11) is -3.33. The molecule has 0 spiro atoms. The van der Waals surface area contributed by atoms with Gasteiger partial charge in [-0.3, -0.25) is 9.10 Å². The molecule has 0 bridgehead atoms. The van der Waals surface area contributed by atoms with Crippen LogP contribution in [0.4, 0.5) is 10.1 Å². The Morgan fingerprint density at radius 1 is 1.23 bits per heavy atom. The van der Waals surface area contributed by atoms with Crippen LogP contribution in [0.2, 0.25) is 0 Å². The SMILES string of the molecule is Cc1ccc(CNC(=O)c2ccc3c(c2)CCCN3S(C)(=O)=O)cc1F. The van der Waals surface area contributed by atoms with Crippen LogP contribution in [-0.2, 0) is 23.0 Å². The number of carbonyl (C=O) groups is 1. The van der Waals surface area contributed by atoms with Gasteiger partial charge < -0.3 is 5.32 Å². The first-order valence-corrected chi connectivity index (χ1v) is 10.2. The molecule has 1 aliphatic rings. The highest BCUT2D eigenvalue weighted by atomic mass is 32.2. The summed E-state index contributed by atoms with van der Waals surface area (Å²) in [6.45, 7) is 2.36. The number of hydrogen-bond acceptors (Lipinski definition) is 3. The van der Waals surface area contributed by atoms with Crippen molar-refractivity contribution in [2.24, 2.45) is 0 Å². The Labute approximate surface area is 152 Å². The lowest BCUT2D eigenvalue weighted by Crippen LogP contribution is -2.34. The highest BCUT2D eigenvalue weighted by Gasteiger charge is 2.24. The maximum absolute atomic E-state index is 13.6. The lowest BCUT2D eigenvalue weighted by Gasteiger charge is -2.29. The minimum absolute atomic E-state index is 0.225. The minimum atomic E-state index is -3.33. The smallest absolute Gasteiger partial charge is 0.251 e. The van der Waals surface area contributed by atoms with E-state index in [2.05, 4.69) is 5.32 Å². The third kappa shape index (κ3) is 3.88. The van der Waals surface area contributed by atoms with E-state index < -0.39 is 10.0 Å². The topological polar surface area (TPSA) is 66.5 Å². The van der Waals surface area contributed by atoms with Crippen molar-refractivity contribution in [2.75, 3.05) is 17.1 Å². The van der Waals surface area contributed by atoms with E-state index in [1.54, 1.807) is 37.3 Å². The third-order valence-corrected chi connectivity index (χ3v) is 5.69. The maximum Gasteiger partial charge on any atom is 0.251 e. The summed E-state index contributed by atoms with van der Waals surface area (Å²) in [6, 6.07) is 9.89. The van der Waals surface area contributed by atoms with Crippen LogP contribution in [0.3, 0.4) is 0 Å². The van der Waals surface area contributed by atoms with Gasteiger partial charge in [-0.15, -0.1) is 0 Å². The number of fused-ring (bicyclic) bond motifs is 1. The van der Waals surface area contributed by atoms with E-state index in [1.807, 2.05) is 0 Å². The van der Waals surface area contributed by atoms with E-state index >= 15 is 0 Å². The molecule has 0 unspecified atom stereocenters. The first-order valence-electron chi connectivity index (χ1n) is 8.39. The molecule has 1 N–H and O–H groups in total. The Bertz CT molecular complexity index is 957. The average Bonchev–Trinajstić information content (AvgIpc) is 2.60. The molecule has 138 valence electrons. The van der Waals surface area contributed by atoms with Crippen LogP contribution in [0.15, 0.2) is 36.4 Å². The van der Waals surface area contributed by atoms with Crippen molar-refractivity contribution in [3.05, 3.63) is 64.5 Å². The second-order valence-electron chi connectivity index (χ2n) is 6.55. The molecule has 26 heavy (non-hydrogen) atoms. The van der Waals surface area contributed by atoms with Crippen molar-refractivity contribution in [1.29, 1.82) is 0 Å². The quantitative estimate of drug-likeness (QED) is 0.892. The van der Waals surface area contributed by atoms with Crippen LogP contribution in [0.25, 0.3) is 0 Å². The number of anilines is 1. The molecule has 5 nitrogen and oxygen atoms in total. The highest BCUT2D eigenvalue weighted by molar-refractivity contribution is 7.92. The van der Waals surface area contributed by atoms with Crippen molar-refractivity contribution in [2.45, 2.75) is 26.3 Å². The molecule has 1 aliphatic heterocycles. The molecule has 0 saturated heterocycles. The van der Waals surface area contributed by atoms with Gasteiger partial charge in [0.05, 0.1) is 11.9 Å². The average molecular weight is 376 g/mol. The Morgan fingerprint density at radius 3 is 2.69 bits per heavy atom. The number of aryl methyl sites for hydroxylation is 2. The fraction of sp³-hybridized carbons (Fsp3) is 0.316. The molecule has 0 saturated carbocycles. The molecular weight excluding hydrogens is 355 g/mol. The highest BCUT2D eigenvalue weighted by Crippen LogP contribution is 2.29. The molecule has 0 atom stereocenters. The zero-order chi connectivity index (χ0) is 18.9. The molecule has 2 aromatic rings. The van der Waals surface area contributed by atoms with Crippen LogP contribution in [0.1, 0.15) is 33.5 Å². The molecule has 2 aromatic carbocycles. The lowest BCUT2D eigenvalue weighted by molar-refractivity contribution is 0.0950. The van der Waals surface area contributed by atoms with Gasteiger partial charge >= 0.3 is 0 Å². The van der Waals surface area contributed by atoms with Crippen molar-refractivity contribution in [3.63, 3.8) is 0 Å². The van der Waals surface area contributed by atoms with Crippen LogP contribution in [0.5, 0.6) is 0 Å². The zero-order valence-electron chi connectivity index (χ0n) is 14.8. The van der Waals surface area contributed by atoms with Crippen molar-refractivity contribution < 1.29 is 17.6 Å². The molecule has 0 fully saturated rings. The molecule has 7 heteroatoms. The largest absolute Gasteiger partial charge is 0.348 e. The summed E-state index contributed by atoms with van der Waals surface area (Å²) in [6.07, 6.45) is 2.63. The minimum Gasteiger partial charge on any atom is -0.348 e. The number of hydrogen-bond donors (Lipinski definition) is 1. The van der Waals surface area contributed by atoms with Crippen molar-refractivity contribution in [3.8, 4) is 0 Å². The van der Waals surface area contributed by atoms with Gasteiger partial charge in [0.1, 0.15) is 5.82 Å². The molecule has 1 amide bonds. The Morgan fingerprint density at radius 2 is 2.00 bits per heavy atom. The summed E-state index contributed by atoms with van der Waals surface area (Å²) in [4.78, 5) is 12.4. The second-order valence-corrected chi connectivity index (χ2v) is 8.46. The molecule has 3 rings (SSSR count). The van der Waals surface area contributed by atoms with Gasteiger partial charge in [-0.1, -0.05) is 12.1 Å². The van der Waals surface area contributed by atoms with Gasteiger partial charge in [-0.2, -0.15) is 0 Å². The molecule has 1 heterocycles. The number of benzene rings is 2. The second kappa shape index (κ2) is 7.07. The summed E-state index contributed by atoms with van der Waals surface area (Å²) in [5.74, 6) is -0.573. The third-order valence-electron chi connectivity index (χ3n) is 4.51. The number of halogens is 1. The fourth-order valence-electron chi connectivity index (χ4n) is 3.08. The molecule has 0 aromatic heterocycles. The first kappa shape index (κ1) is 18.4. The number of amides is 1. The van der Waals surface area contributed by atoms with Gasteiger partial charge in [0.25, 0.3) is 5.91 Å². The summed E-state index contributed by atoms with van der Waals surface area (Å²) in [5, 5.41) is 2.77. The van der Waals surface area contributed by atoms with E-state index in [1.165, 1.54) is 16.6 Å². The van der Waals surface area contributed by atoms with E-state index in [9.17, 15) is 17.6 Å². The standard InChI is InChI=1S/C19H21FN2O3S/c1-13-5-6-14(10-17(13)20)12-21-19(23)16-7-8-18-15(11-16)4-3-9-22(18)26(2,24)25/h5-8,10-11H,3-4,9,12H2,1-2H3,(H,21,23). The van der Waals surface area contributed by atoms with Crippen molar-refractivity contribution in [1.82, 2.24) is 5.32 Å². The van der Waals surface area contributed by atoms with Gasteiger partial charge in [-0.25, -0.2) is 12.8 Å². The summed E-state index contributed by atoms with van der Waals surface area (Å²) in [5.41, 5.74) is 3.19. The van der Waals surface area contributed by atoms with E-state index in [0.29, 0.717) is 35.3 Å². The molecule has 0 radical (unpaired) electrons. The number of nitrogens with one attached hydrogen (secondary N) is 1. The van der Waals surface area contributed by atoms with Crippen LogP contribution in [-0.4, -0.2) is 27.1 Å². The van der Waals surface area contributed by atoms with Gasteiger partial charge in [0.2, 0.25) is 10.0 Å². The summed E-state index contributed by atoms with van der Waals surface area (Å²) >= 11 is 0. The number of carbonyl (C=O) groups excluding carboxylic acids is 1. The van der Waals surface area contributed by atoms with Crippen LogP contribution < -0.4 is 9.62 Å². The Kier molecular flexibility index (Phi) is 5.00. The summed E-state index contributed by atoms with van der Waals surface area (Å²) < 4.78 is 38.7. The van der Waals surface area contributed by atoms with E-state index in [4.69, 9.17) is 0 Å². The van der Waals surface area contributed by atoms with Gasteiger partial charge in [0, 0.05) is 18.7 Å². The number of rotatable bonds is 4. The predicted molar refractivity (Wildman–Crippen MR) is 99.3 cm³/mol. The van der Waals surface area contributed by atoms with Crippen molar-refractivity contribution >= 4 is 21.6 Å². The maximum atomic E-state index is 13.6. The Balaban J connectivity index is 1.75. The molecule has 0 aliphatic carbocycles. The predicted octanol–water partition coefficient (Wildman–Crippen LogP) is 2.78. The monoisotopic (exact) mass is 376 g/mol. The van der Waals surface area contributed by atoms with E-state index in [-0.39, 0.29) is 18.3 Å². The number of nitrogens with zero attached hydrogens (tertiary/aromatic N) is 1. The lowest BCUT2D eigenvalue weighted by atomic mass is 10.0. The Hall–Kier alpha value is -2.41. The zero-order valence-corrected chi connectivity index (χ0v) is 15.6. The van der Waals surface area contributed by atoms with Gasteiger partial charge in [0.15, 0.2) is 0 Å². The van der Waals surface area contributed by atoms with Crippen LogP contribution in [0, 0.1) is 12.7 Å². The normalized spacial score (nSPS) is 14.0.